The summed E-state index contributed by atoms with van der Waals surface area (Å²) in [6.07, 6.45) is 1.84. The molecule has 0 radical (unpaired) electrons. The van der Waals surface area contributed by atoms with Crippen molar-refractivity contribution in [1.82, 2.24) is 4.90 Å². The largest absolute Gasteiger partial charge is 0.489 e. The van der Waals surface area contributed by atoms with Crippen LogP contribution in [-0.4, -0.2) is 34.9 Å². The second kappa shape index (κ2) is 9.26. The molecule has 0 N–H and O–H groups in total. The smallest absolute Gasteiger partial charge is 0.266 e. The third-order valence-corrected chi connectivity index (χ3v) is 5.77. The van der Waals surface area contributed by atoms with Gasteiger partial charge in [-0.05, 0) is 44.0 Å². The molecule has 0 aromatic heterocycles. The van der Waals surface area contributed by atoms with Crippen LogP contribution in [0.4, 0.5) is 0 Å². The first kappa shape index (κ1) is 20.4. The van der Waals surface area contributed by atoms with Crippen molar-refractivity contribution >= 4 is 40.3 Å². The van der Waals surface area contributed by atoms with Crippen LogP contribution in [0.1, 0.15) is 23.6 Å². The highest BCUT2D eigenvalue weighted by Gasteiger charge is 2.30. The summed E-state index contributed by atoms with van der Waals surface area (Å²) in [7, 11) is 0. The van der Waals surface area contributed by atoms with Gasteiger partial charge in [-0.3, -0.25) is 9.69 Å². The van der Waals surface area contributed by atoms with E-state index in [1.54, 1.807) is 4.90 Å². The lowest BCUT2D eigenvalue weighted by molar-refractivity contribution is -0.121. The zero-order valence-electron chi connectivity index (χ0n) is 16.2. The Labute approximate surface area is 175 Å². The Morgan fingerprint density at radius 3 is 2.39 bits per heavy atom. The number of para-hydroxylation sites is 2. The number of hydrogen-bond acceptors (Lipinski definition) is 5. The van der Waals surface area contributed by atoms with Gasteiger partial charge in [0.1, 0.15) is 29.0 Å². The fourth-order valence-electron chi connectivity index (χ4n) is 2.97. The quantitative estimate of drug-likeness (QED) is 0.364. The molecule has 3 rings (SSSR count). The van der Waals surface area contributed by atoms with Crippen molar-refractivity contribution in [1.29, 1.82) is 0 Å². The van der Waals surface area contributed by atoms with E-state index in [-0.39, 0.29) is 5.91 Å². The van der Waals surface area contributed by atoms with Gasteiger partial charge in [-0.1, -0.05) is 60.4 Å². The molecule has 6 heteroatoms. The number of hydrogen-bond donors (Lipinski definition) is 0. The first-order valence-electron chi connectivity index (χ1n) is 9.17. The molecule has 0 bridgehead atoms. The highest BCUT2D eigenvalue weighted by atomic mass is 32.2. The molecule has 0 spiro atoms. The molecule has 2 aromatic rings. The molecule has 4 nitrogen and oxygen atoms in total. The van der Waals surface area contributed by atoms with Crippen LogP contribution >= 0.6 is 24.0 Å². The molecule has 0 aliphatic carbocycles. The minimum Gasteiger partial charge on any atom is -0.489 e. The van der Waals surface area contributed by atoms with E-state index in [2.05, 4.69) is 0 Å². The van der Waals surface area contributed by atoms with Crippen LogP contribution in [0.15, 0.2) is 47.4 Å². The minimum absolute atomic E-state index is 0.0503. The van der Waals surface area contributed by atoms with Crippen LogP contribution in [0.3, 0.4) is 0 Å². The number of benzene rings is 2. The second-order valence-corrected chi connectivity index (χ2v) is 8.06. The third kappa shape index (κ3) is 4.56. The average molecular weight is 414 g/mol. The number of rotatable bonds is 7. The summed E-state index contributed by atoms with van der Waals surface area (Å²) < 4.78 is 12.4. The molecule has 0 saturated carbocycles. The Morgan fingerprint density at radius 1 is 1.04 bits per heavy atom. The van der Waals surface area contributed by atoms with E-state index in [0.29, 0.717) is 29.0 Å². The maximum absolute atomic E-state index is 12.4. The summed E-state index contributed by atoms with van der Waals surface area (Å²) in [4.78, 5) is 14.7. The minimum atomic E-state index is -0.0503. The predicted molar refractivity (Wildman–Crippen MR) is 119 cm³/mol. The molecule has 1 aliphatic heterocycles. The lowest BCUT2D eigenvalue weighted by Crippen LogP contribution is -2.27. The third-order valence-electron chi connectivity index (χ3n) is 4.39. The zero-order chi connectivity index (χ0) is 20.1. The summed E-state index contributed by atoms with van der Waals surface area (Å²) in [5.41, 5.74) is 3.07. The lowest BCUT2D eigenvalue weighted by Gasteiger charge is -2.13. The van der Waals surface area contributed by atoms with Crippen molar-refractivity contribution in [3.63, 3.8) is 0 Å². The average Bonchev–Trinajstić information content (AvgIpc) is 2.94. The standard InChI is InChI=1S/C22H23NO3S2/c1-4-23-21(24)19(28-22(23)27)14-17-10-5-6-11-18(17)25-12-13-26-20-15(2)8-7-9-16(20)3/h5-11,14H,4,12-13H2,1-3H3. The SMILES string of the molecule is CCN1C(=O)C(=Cc2ccccc2OCCOc2c(C)cccc2C)SC1=S. The molecule has 1 aliphatic rings. The number of thioether (sulfide) groups is 1. The van der Waals surface area contributed by atoms with Crippen LogP contribution in [0.25, 0.3) is 6.08 Å². The number of amides is 1. The van der Waals surface area contributed by atoms with Gasteiger partial charge >= 0.3 is 0 Å². The van der Waals surface area contributed by atoms with E-state index in [9.17, 15) is 4.79 Å². The van der Waals surface area contributed by atoms with E-state index < -0.39 is 0 Å². The summed E-state index contributed by atoms with van der Waals surface area (Å²) in [6, 6.07) is 13.7. The normalized spacial score (nSPS) is 15.4. The molecular weight excluding hydrogens is 390 g/mol. The van der Waals surface area contributed by atoms with Crippen LogP contribution in [-0.2, 0) is 4.79 Å². The molecule has 2 aromatic carbocycles. The number of nitrogens with zero attached hydrogens (tertiary/aromatic N) is 1. The number of carbonyl (C=O) groups excluding carboxylic acids is 1. The summed E-state index contributed by atoms with van der Waals surface area (Å²) >= 11 is 6.60. The van der Waals surface area contributed by atoms with Gasteiger partial charge in [0.05, 0.1) is 4.91 Å². The van der Waals surface area contributed by atoms with Gasteiger partial charge in [-0.15, -0.1) is 0 Å². The van der Waals surface area contributed by atoms with Gasteiger partial charge in [0.25, 0.3) is 5.91 Å². The molecule has 1 fully saturated rings. The van der Waals surface area contributed by atoms with Gasteiger partial charge in [-0.25, -0.2) is 0 Å². The molecule has 0 atom stereocenters. The van der Waals surface area contributed by atoms with Gasteiger partial charge in [0.15, 0.2) is 0 Å². The Kier molecular flexibility index (Phi) is 6.75. The van der Waals surface area contributed by atoms with E-state index in [0.717, 1.165) is 28.2 Å². The molecule has 1 amide bonds. The summed E-state index contributed by atoms with van der Waals surface area (Å²) in [5, 5.41) is 0. The van der Waals surface area contributed by atoms with Crippen molar-refractivity contribution in [2.75, 3.05) is 19.8 Å². The summed E-state index contributed by atoms with van der Waals surface area (Å²) in [5.74, 6) is 1.57. The first-order valence-corrected chi connectivity index (χ1v) is 10.4. The Morgan fingerprint density at radius 2 is 1.71 bits per heavy atom. The van der Waals surface area contributed by atoms with Gasteiger partial charge in [-0.2, -0.15) is 0 Å². The highest BCUT2D eigenvalue weighted by molar-refractivity contribution is 8.26. The van der Waals surface area contributed by atoms with Crippen LogP contribution in [0.5, 0.6) is 11.5 Å². The van der Waals surface area contributed by atoms with E-state index in [1.165, 1.54) is 11.8 Å². The second-order valence-electron chi connectivity index (χ2n) is 6.38. The van der Waals surface area contributed by atoms with Gasteiger partial charge in [0, 0.05) is 12.1 Å². The van der Waals surface area contributed by atoms with Crippen LogP contribution in [0.2, 0.25) is 0 Å². The van der Waals surface area contributed by atoms with E-state index in [1.807, 2.05) is 69.3 Å². The molecule has 28 heavy (non-hydrogen) atoms. The van der Waals surface area contributed by atoms with E-state index in [4.69, 9.17) is 21.7 Å². The maximum Gasteiger partial charge on any atom is 0.266 e. The molecule has 1 saturated heterocycles. The Balaban J connectivity index is 1.66. The molecule has 0 unspecified atom stereocenters. The van der Waals surface area contributed by atoms with Crippen molar-refractivity contribution in [2.24, 2.45) is 0 Å². The van der Waals surface area contributed by atoms with E-state index >= 15 is 0 Å². The fourth-order valence-corrected chi connectivity index (χ4v) is 4.34. The first-order chi connectivity index (χ1) is 13.5. The molecule has 146 valence electrons. The number of thiocarbonyl (C=S) groups is 1. The zero-order valence-corrected chi connectivity index (χ0v) is 17.9. The van der Waals surface area contributed by atoms with Crippen molar-refractivity contribution in [3.05, 3.63) is 64.1 Å². The number of aryl methyl sites for hydroxylation is 2. The number of likely N-dealkylation sites (N-methyl/N-ethyl adjacent to an activating group) is 1. The van der Waals surface area contributed by atoms with Crippen molar-refractivity contribution < 1.29 is 14.3 Å². The molecule has 1 heterocycles. The topological polar surface area (TPSA) is 38.8 Å². The monoisotopic (exact) mass is 413 g/mol. The maximum atomic E-state index is 12.4. The summed E-state index contributed by atoms with van der Waals surface area (Å²) in [6.45, 7) is 7.42. The van der Waals surface area contributed by atoms with Crippen LogP contribution < -0.4 is 9.47 Å². The lowest BCUT2D eigenvalue weighted by atomic mass is 10.1. The van der Waals surface area contributed by atoms with Gasteiger partial charge in [0.2, 0.25) is 0 Å². The van der Waals surface area contributed by atoms with Gasteiger partial charge < -0.3 is 9.47 Å². The fraction of sp³-hybridized carbons (Fsp3) is 0.273. The van der Waals surface area contributed by atoms with Crippen molar-refractivity contribution in [3.8, 4) is 11.5 Å². The Bertz CT molecular complexity index is 903. The highest BCUT2D eigenvalue weighted by Crippen LogP contribution is 2.34. The number of ether oxygens (including phenoxy) is 2. The number of carbonyl (C=O) groups is 1. The molecular formula is C22H23NO3S2. The van der Waals surface area contributed by atoms with Crippen molar-refractivity contribution in [2.45, 2.75) is 20.8 Å². The Hall–Kier alpha value is -2.31. The van der Waals surface area contributed by atoms with Crippen LogP contribution in [0, 0.1) is 13.8 Å². The predicted octanol–water partition coefficient (Wildman–Crippen LogP) is 4.98.